The smallest absolute Gasteiger partial charge is 0.408 e. The lowest BCUT2D eigenvalue weighted by Crippen LogP contribution is -2.41. The fourth-order valence-corrected chi connectivity index (χ4v) is 1.63. The van der Waals surface area contributed by atoms with E-state index >= 15 is 0 Å². The third kappa shape index (κ3) is 6.13. The Morgan fingerprint density at radius 3 is 2.52 bits per heavy atom. The number of nitrogens with one attached hydrogen (secondary N) is 1. The number of hydrogen-bond donors (Lipinski definition) is 3. The molecule has 0 bridgehead atoms. The van der Waals surface area contributed by atoms with Crippen molar-refractivity contribution >= 4 is 12.1 Å². The number of aliphatic carboxylic acids is 1. The molecule has 0 aromatic heterocycles. The van der Waals surface area contributed by atoms with E-state index in [0.29, 0.717) is 18.7 Å². The van der Waals surface area contributed by atoms with Gasteiger partial charge in [0.25, 0.3) is 0 Å². The molecule has 0 saturated carbocycles. The largest absolute Gasteiger partial charge is 0.497 e. The molecule has 7 heteroatoms. The monoisotopic (exact) mass is 296 g/mol. The molecule has 0 aliphatic heterocycles. The van der Waals surface area contributed by atoms with E-state index < -0.39 is 18.1 Å². The Labute approximate surface area is 123 Å². The standard InChI is InChI=1S/C14H20N2O5/c1-20-11-6-4-10(5-7-11)9-21-14(19)16-12(13(17)18)3-2-8-15/h4-7,12H,2-3,8-9,15H2,1H3,(H,16,19)(H,17,18)/t12-/m1/s1. The lowest BCUT2D eigenvalue weighted by molar-refractivity contribution is -0.139. The second-order valence-electron chi connectivity index (χ2n) is 4.39. The van der Waals surface area contributed by atoms with Crippen molar-refractivity contribution < 1.29 is 24.2 Å². The zero-order valence-electron chi connectivity index (χ0n) is 11.9. The number of nitrogens with two attached hydrogens (primary N) is 1. The molecular formula is C14H20N2O5. The van der Waals surface area contributed by atoms with Crippen molar-refractivity contribution in [2.45, 2.75) is 25.5 Å². The van der Waals surface area contributed by atoms with E-state index in [1.807, 2.05) is 0 Å². The van der Waals surface area contributed by atoms with Crippen molar-refractivity contribution in [1.29, 1.82) is 0 Å². The minimum atomic E-state index is -1.11. The van der Waals surface area contributed by atoms with Gasteiger partial charge in [-0.05, 0) is 37.1 Å². The molecule has 116 valence electrons. The minimum Gasteiger partial charge on any atom is -0.497 e. The SMILES string of the molecule is COc1ccc(COC(=O)N[C@H](CCCN)C(=O)O)cc1. The van der Waals surface area contributed by atoms with Crippen molar-refractivity contribution in [3.05, 3.63) is 29.8 Å². The van der Waals surface area contributed by atoms with Gasteiger partial charge in [0.2, 0.25) is 0 Å². The van der Waals surface area contributed by atoms with Crippen LogP contribution < -0.4 is 15.8 Å². The van der Waals surface area contributed by atoms with Crippen molar-refractivity contribution in [1.82, 2.24) is 5.32 Å². The lowest BCUT2D eigenvalue weighted by Gasteiger charge is -2.14. The van der Waals surface area contributed by atoms with E-state index in [9.17, 15) is 9.59 Å². The minimum absolute atomic E-state index is 0.0546. The summed E-state index contributed by atoms with van der Waals surface area (Å²) in [6.45, 7) is 0.422. The van der Waals surface area contributed by atoms with Gasteiger partial charge in [0, 0.05) is 0 Å². The normalized spacial score (nSPS) is 11.5. The van der Waals surface area contributed by atoms with Gasteiger partial charge in [-0.3, -0.25) is 0 Å². The van der Waals surface area contributed by atoms with Crippen molar-refractivity contribution in [3.63, 3.8) is 0 Å². The number of carbonyl (C=O) groups excluding carboxylic acids is 1. The first-order chi connectivity index (χ1) is 10.1. The van der Waals surface area contributed by atoms with E-state index in [2.05, 4.69) is 5.32 Å². The summed E-state index contributed by atoms with van der Waals surface area (Å²) in [6.07, 6.45) is 0.00868. The molecule has 1 amide bonds. The van der Waals surface area contributed by atoms with E-state index in [0.717, 1.165) is 5.56 Å². The van der Waals surface area contributed by atoms with Gasteiger partial charge >= 0.3 is 12.1 Å². The second kappa shape index (κ2) is 8.80. The molecular weight excluding hydrogens is 276 g/mol. The summed E-state index contributed by atoms with van der Waals surface area (Å²) >= 11 is 0. The number of hydrogen-bond acceptors (Lipinski definition) is 5. The van der Waals surface area contributed by atoms with E-state index in [4.69, 9.17) is 20.3 Å². The summed E-state index contributed by atoms with van der Waals surface area (Å²) in [6, 6.07) is 6.03. The molecule has 1 rings (SSSR count). The zero-order chi connectivity index (χ0) is 15.7. The summed E-state index contributed by atoms with van der Waals surface area (Å²) in [5, 5.41) is 11.3. The summed E-state index contributed by atoms with van der Waals surface area (Å²) in [5.74, 6) is -0.402. The third-order valence-electron chi connectivity index (χ3n) is 2.82. The Hall–Kier alpha value is -2.28. The van der Waals surface area contributed by atoms with Gasteiger partial charge in [0.1, 0.15) is 18.4 Å². The molecule has 0 spiro atoms. The van der Waals surface area contributed by atoms with Crippen LogP contribution in [0.25, 0.3) is 0 Å². The lowest BCUT2D eigenvalue weighted by atomic mass is 10.1. The molecule has 0 radical (unpaired) electrons. The first-order valence-corrected chi connectivity index (χ1v) is 6.56. The van der Waals surface area contributed by atoms with Crippen LogP contribution in [0.1, 0.15) is 18.4 Å². The summed E-state index contributed by atoms with van der Waals surface area (Å²) in [4.78, 5) is 22.5. The van der Waals surface area contributed by atoms with Gasteiger partial charge < -0.3 is 25.6 Å². The Bertz CT molecular complexity index is 461. The first-order valence-electron chi connectivity index (χ1n) is 6.56. The van der Waals surface area contributed by atoms with Crippen LogP contribution in [0.4, 0.5) is 4.79 Å². The number of benzene rings is 1. The van der Waals surface area contributed by atoms with Gasteiger partial charge in [0.05, 0.1) is 7.11 Å². The van der Waals surface area contributed by atoms with Crippen LogP contribution in [-0.4, -0.2) is 36.9 Å². The molecule has 21 heavy (non-hydrogen) atoms. The van der Waals surface area contributed by atoms with Crippen LogP contribution in [0.2, 0.25) is 0 Å². The average molecular weight is 296 g/mol. The van der Waals surface area contributed by atoms with E-state index in [-0.39, 0.29) is 13.0 Å². The molecule has 0 aliphatic rings. The van der Waals surface area contributed by atoms with Crippen LogP contribution in [0.3, 0.4) is 0 Å². The number of amides is 1. The van der Waals surface area contributed by atoms with Crippen LogP contribution in [0.15, 0.2) is 24.3 Å². The second-order valence-corrected chi connectivity index (χ2v) is 4.39. The number of methoxy groups -OCH3 is 1. The number of carboxylic acid groups (broad SMARTS) is 1. The molecule has 1 atom stereocenters. The Morgan fingerprint density at radius 2 is 2.00 bits per heavy atom. The van der Waals surface area contributed by atoms with E-state index in [1.54, 1.807) is 31.4 Å². The topological polar surface area (TPSA) is 111 Å². The molecule has 1 aromatic carbocycles. The first kappa shape index (κ1) is 16.8. The fraction of sp³-hybridized carbons (Fsp3) is 0.429. The number of rotatable bonds is 8. The quantitative estimate of drug-likeness (QED) is 0.662. The van der Waals surface area contributed by atoms with Crippen molar-refractivity contribution in [3.8, 4) is 5.75 Å². The highest BCUT2D eigenvalue weighted by Crippen LogP contribution is 2.12. The average Bonchev–Trinajstić information content (AvgIpc) is 2.49. The molecule has 4 N–H and O–H groups in total. The highest BCUT2D eigenvalue weighted by molar-refractivity contribution is 5.79. The Morgan fingerprint density at radius 1 is 1.33 bits per heavy atom. The maximum absolute atomic E-state index is 11.6. The van der Waals surface area contributed by atoms with Gasteiger partial charge in [-0.25, -0.2) is 9.59 Å². The Balaban J connectivity index is 2.42. The van der Waals surface area contributed by atoms with Crippen molar-refractivity contribution in [2.24, 2.45) is 5.73 Å². The van der Waals surface area contributed by atoms with Gasteiger partial charge in [-0.15, -0.1) is 0 Å². The van der Waals surface area contributed by atoms with Crippen LogP contribution >= 0.6 is 0 Å². The summed E-state index contributed by atoms with van der Waals surface area (Å²) in [5.41, 5.74) is 6.10. The van der Waals surface area contributed by atoms with Crippen LogP contribution in [0.5, 0.6) is 5.75 Å². The zero-order valence-corrected chi connectivity index (χ0v) is 11.9. The van der Waals surface area contributed by atoms with Crippen LogP contribution in [0, 0.1) is 0 Å². The molecule has 0 fully saturated rings. The maximum Gasteiger partial charge on any atom is 0.408 e. The predicted molar refractivity (Wildman–Crippen MR) is 76.0 cm³/mol. The van der Waals surface area contributed by atoms with Gasteiger partial charge in [0.15, 0.2) is 0 Å². The number of carboxylic acids is 1. The third-order valence-corrected chi connectivity index (χ3v) is 2.82. The maximum atomic E-state index is 11.6. The highest BCUT2D eigenvalue weighted by atomic mass is 16.5. The summed E-state index contributed by atoms with van der Waals surface area (Å²) in [7, 11) is 1.56. The van der Waals surface area contributed by atoms with Gasteiger partial charge in [-0.2, -0.15) is 0 Å². The molecule has 0 saturated heterocycles. The number of carbonyl (C=O) groups is 2. The molecule has 1 aromatic rings. The molecule has 0 unspecified atom stereocenters. The van der Waals surface area contributed by atoms with Crippen LogP contribution in [-0.2, 0) is 16.1 Å². The number of ether oxygens (including phenoxy) is 2. The summed E-state index contributed by atoms with van der Waals surface area (Å²) < 4.78 is 9.99. The fourth-order valence-electron chi connectivity index (χ4n) is 1.63. The highest BCUT2D eigenvalue weighted by Gasteiger charge is 2.19. The predicted octanol–water partition coefficient (Wildman–Crippen LogP) is 1.11. The van der Waals surface area contributed by atoms with Gasteiger partial charge in [-0.1, -0.05) is 12.1 Å². The number of alkyl carbamates (subject to hydrolysis) is 1. The molecule has 0 aliphatic carbocycles. The molecule has 0 heterocycles. The Kier molecular flexibility index (Phi) is 7.03. The van der Waals surface area contributed by atoms with E-state index in [1.165, 1.54) is 0 Å². The molecule has 7 nitrogen and oxygen atoms in total. The van der Waals surface area contributed by atoms with Crippen molar-refractivity contribution in [2.75, 3.05) is 13.7 Å².